The lowest BCUT2D eigenvalue weighted by molar-refractivity contribution is -0.169. The van der Waals surface area contributed by atoms with Crippen LogP contribution in [0.15, 0.2) is 24.3 Å². The van der Waals surface area contributed by atoms with Crippen molar-refractivity contribution >= 4 is 11.9 Å². The number of nitrogens with two attached hydrogens (primary N) is 1. The second-order valence-corrected chi connectivity index (χ2v) is 8.43. The Morgan fingerprint density at radius 2 is 1.64 bits per heavy atom. The number of nitrogens with zero attached hydrogens (tertiary/aromatic N) is 2. The third-order valence-electron chi connectivity index (χ3n) is 4.84. The molecule has 1 fully saturated rings. The van der Waals surface area contributed by atoms with E-state index in [1.807, 2.05) is 4.90 Å². The molecular formula is C21H33N3O4. The second-order valence-electron chi connectivity index (χ2n) is 8.43. The molecule has 1 aliphatic heterocycles. The van der Waals surface area contributed by atoms with Crippen molar-refractivity contribution in [1.82, 2.24) is 9.80 Å². The molecule has 2 rings (SSSR count). The standard InChI is InChI=1S/C21H33N3O4/c1-16-6-8-17(9-7-16)15-23-10-12-24(13-11-23)21(22,19(26)27-5)14-18(25)28-20(2,3)4/h6-9H,10-15,22H2,1-5H3. The smallest absolute Gasteiger partial charge is 0.341 e. The number of rotatable bonds is 6. The van der Waals surface area contributed by atoms with Crippen LogP contribution in [-0.4, -0.2) is 66.3 Å². The molecule has 1 unspecified atom stereocenters. The van der Waals surface area contributed by atoms with Crippen LogP contribution in [0.4, 0.5) is 0 Å². The summed E-state index contributed by atoms with van der Waals surface area (Å²) >= 11 is 0. The van der Waals surface area contributed by atoms with Crippen LogP contribution >= 0.6 is 0 Å². The molecule has 0 radical (unpaired) electrons. The molecule has 0 spiro atoms. The van der Waals surface area contributed by atoms with Crippen molar-refractivity contribution in [3.63, 3.8) is 0 Å². The third kappa shape index (κ3) is 6.02. The highest BCUT2D eigenvalue weighted by molar-refractivity contribution is 5.86. The first-order chi connectivity index (χ1) is 13.0. The maximum Gasteiger partial charge on any atom is 0.341 e. The monoisotopic (exact) mass is 391 g/mol. The lowest BCUT2D eigenvalue weighted by Gasteiger charge is -2.43. The number of aryl methyl sites for hydroxylation is 1. The Balaban J connectivity index is 2.00. The van der Waals surface area contributed by atoms with Crippen LogP contribution in [0, 0.1) is 6.92 Å². The molecule has 0 aliphatic carbocycles. The summed E-state index contributed by atoms with van der Waals surface area (Å²) in [6.45, 7) is 10.9. The maximum atomic E-state index is 12.4. The van der Waals surface area contributed by atoms with Crippen molar-refractivity contribution in [2.45, 2.75) is 51.9 Å². The number of ether oxygens (including phenoxy) is 2. The van der Waals surface area contributed by atoms with Gasteiger partial charge in [-0.2, -0.15) is 0 Å². The molecular weight excluding hydrogens is 358 g/mol. The van der Waals surface area contributed by atoms with Gasteiger partial charge in [-0.15, -0.1) is 0 Å². The molecule has 156 valence electrons. The quantitative estimate of drug-likeness (QED) is 0.739. The number of hydrogen-bond acceptors (Lipinski definition) is 7. The minimum atomic E-state index is -1.52. The summed E-state index contributed by atoms with van der Waals surface area (Å²) < 4.78 is 10.3. The first-order valence-electron chi connectivity index (χ1n) is 9.65. The van der Waals surface area contributed by atoms with Gasteiger partial charge in [0, 0.05) is 32.7 Å². The van der Waals surface area contributed by atoms with E-state index in [2.05, 4.69) is 36.1 Å². The van der Waals surface area contributed by atoms with Crippen molar-refractivity contribution in [3.05, 3.63) is 35.4 Å². The van der Waals surface area contributed by atoms with E-state index < -0.39 is 23.2 Å². The number of carbonyl (C=O) groups is 2. The molecule has 0 bridgehead atoms. The van der Waals surface area contributed by atoms with Crippen molar-refractivity contribution in [3.8, 4) is 0 Å². The largest absolute Gasteiger partial charge is 0.467 e. The lowest BCUT2D eigenvalue weighted by Crippen LogP contribution is -2.67. The van der Waals surface area contributed by atoms with E-state index in [1.165, 1.54) is 18.2 Å². The Hall–Kier alpha value is -1.96. The van der Waals surface area contributed by atoms with Crippen LogP contribution in [0.25, 0.3) is 0 Å². The number of carbonyl (C=O) groups excluding carboxylic acids is 2. The molecule has 0 amide bonds. The molecule has 1 aliphatic rings. The molecule has 1 atom stereocenters. The Labute approximate surface area is 167 Å². The highest BCUT2D eigenvalue weighted by atomic mass is 16.6. The number of benzene rings is 1. The van der Waals surface area contributed by atoms with E-state index >= 15 is 0 Å². The summed E-state index contributed by atoms with van der Waals surface area (Å²) in [6.07, 6.45) is -0.241. The van der Waals surface area contributed by atoms with Gasteiger partial charge in [-0.05, 0) is 33.3 Å². The van der Waals surface area contributed by atoms with Crippen LogP contribution in [0.2, 0.25) is 0 Å². The molecule has 1 aromatic rings. The molecule has 0 saturated carbocycles. The van der Waals surface area contributed by atoms with E-state index in [-0.39, 0.29) is 6.42 Å². The average molecular weight is 392 g/mol. The SMILES string of the molecule is COC(=O)C(N)(CC(=O)OC(C)(C)C)N1CCN(Cc2ccc(C)cc2)CC1. The highest BCUT2D eigenvalue weighted by Gasteiger charge is 2.45. The summed E-state index contributed by atoms with van der Waals surface area (Å²) in [5, 5.41) is 0. The van der Waals surface area contributed by atoms with Gasteiger partial charge >= 0.3 is 11.9 Å². The van der Waals surface area contributed by atoms with Gasteiger partial charge in [0.15, 0.2) is 5.66 Å². The predicted octanol–water partition coefficient (Wildman–Crippen LogP) is 1.67. The fourth-order valence-corrected chi connectivity index (χ4v) is 3.34. The number of hydrogen-bond donors (Lipinski definition) is 1. The molecule has 0 aromatic heterocycles. The van der Waals surface area contributed by atoms with Gasteiger partial charge < -0.3 is 15.2 Å². The van der Waals surface area contributed by atoms with Gasteiger partial charge in [0.2, 0.25) is 0 Å². The predicted molar refractivity (Wildman–Crippen MR) is 107 cm³/mol. The molecule has 1 heterocycles. The zero-order valence-electron chi connectivity index (χ0n) is 17.7. The minimum absolute atomic E-state index is 0.241. The number of esters is 2. The van der Waals surface area contributed by atoms with Crippen molar-refractivity contribution in [2.75, 3.05) is 33.3 Å². The molecule has 28 heavy (non-hydrogen) atoms. The number of piperazine rings is 1. The molecule has 2 N–H and O–H groups in total. The zero-order chi connectivity index (χ0) is 20.9. The van der Waals surface area contributed by atoms with E-state index in [1.54, 1.807) is 20.8 Å². The maximum absolute atomic E-state index is 12.4. The molecule has 1 saturated heterocycles. The van der Waals surface area contributed by atoms with Crippen LogP contribution in [0.1, 0.15) is 38.3 Å². The fourth-order valence-electron chi connectivity index (χ4n) is 3.34. The zero-order valence-corrected chi connectivity index (χ0v) is 17.7. The first-order valence-corrected chi connectivity index (χ1v) is 9.65. The van der Waals surface area contributed by atoms with E-state index in [4.69, 9.17) is 15.2 Å². The van der Waals surface area contributed by atoms with Crippen LogP contribution in [0.3, 0.4) is 0 Å². The van der Waals surface area contributed by atoms with E-state index in [0.717, 1.165) is 19.6 Å². The minimum Gasteiger partial charge on any atom is -0.467 e. The van der Waals surface area contributed by atoms with Crippen LogP contribution < -0.4 is 5.73 Å². The summed E-state index contributed by atoms with van der Waals surface area (Å²) in [5.74, 6) is -1.13. The number of methoxy groups -OCH3 is 1. The van der Waals surface area contributed by atoms with Crippen LogP contribution in [-0.2, 0) is 25.6 Å². The Bertz CT molecular complexity index is 676. The van der Waals surface area contributed by atoms with Gasteiger partial charge in [0.25, 0.3) is 0 Å². The summed E-state index contributed by atoms with van der Waals surface area (Å²) in [5.41, 5.74) is 6.72. The molecule has 7 nitrogen and oxygen atoms in total. The van der Waals surface area contributed by atoms with E-state index in [9.17, 15) is 9.59 Å². The highest BCUT2D eigenvalue weighted by Crippen LogP contribution is 2.22. The van der Waals surface area contributed by atoms with Gasteiger partial charge in [-0.3, -0.25) is 14.6 Å². The van der Waals surface area contributed by atoms with Crippen molar-refractivity contribution < 1.29 is 19.1 Å². The van der Waals surface area contributed by atoms with Gasteiger partial charge in [-0.1, -0.05) is 29.8 Å². The van der Waals surface area contributed by atoms with Crippen LogP contribution in [0.5, 0.6) is 0 Å². The van der Waals surface area contributed by atoms with Crippen molar-refractivity contribution in [1.29, 1.82) is 0 Å². The van der Waals surface area contributed by atoms with Gasteiger partial charge in [0.1, 0.15) is 5.60 Å². The average Bonchev–Trinajstić information content (AvgIpc) is 2.61. The Kier molecular flexibility index (Phi) is 7.20. The van der Waals surface area contributed by atoms with Gasteiger partial charge in [-0.25, -0.2) is 4.79 Å². The summed E-state index contributed by atoms with van der Waals surface area (Å²) in [7, 11) is 1.28. The lowest BCUT2D eigenvalue weighted by atomic mass is 10.0. The topological polar surface area (TPSA) is 85.1 Å². The molecule has 7 heteroatoms. The third-order valence-corrected chi connectivity index (χ3v) is 4.84. The van der Waals surface area contributed by atoms with Crippen molar-refractivity contribution in [2.24, 2.45) is 5.73 Å². The Morgan fingerprint density at radius 3 is 2.14 bits per heavy atom. The first kappa shape index (κ1) is 22.3. The Morgan fingerprint density at radius 1 is 1.07 bits per heavy atom. The summed E-state index contributed by atoms with van der Waals surface area (Å²) in [4.78, 5) is 28.9. The fraction of sp³-hybridized carbons (Fsp3) is 0.619. The second kappa shape index (κ2) is 9.03. The summed E-state index contributed by atoms with van der Waals surface area (Å²) in [6, 6.07) is 8.47. The van der Waals surface area contributed by atoms with E-state index in [0.29, 0.717) is 13.1 Å². The molecule has 1 aromatic carbocycles. The normalized spacial score (nSPS) is 18.4. The van der Waals surface area contributed by atoms with Gasteiger partial charge in [0.05, 0.1) is 13.5 Å².